The number of methoxy groups -OCH3 is 2. The molecule has 1 aliphatic rings. The lowest BCUT2D eigenvalue weighted by atomic mass is 10.1. The number of carbonyl (C=O) groups is 1. The zero-order chi connectivity index (χ0) is 19.7. The maximum Gasteiger partial charge on any atom is 0.409 e. The number of hydrogen-bond acceptors (Lipinski definition) is 5. The first-order valence-corrected chi connectivity index (χ1v) is 8.96. The minimum atomic E-state index is -1.07. The van der Waals surface area contributed by atoms with Gasteiger partial charge in [-0.25, -0.2) is 4.79 Å². The number of nitrogens with one attached hydrogen (secondary N) is 1. The van der Waals surface area contributed by atoms with E-state index < -0.39 is 6.09 Å². The average Bonchev–Trinajstić information content (AvgIpc) is 3.11. The number of aromatic nitrogens is 1. The Morgan fingerprint density at radius 1 is 1.18 bits per heavy atom. The molecule has 2 N–H and O–H groups in total. The molecule has 1 amide bonds. The molecular weight excluding hydrogens is 358 g/mol. The molecule has 0 atom stereocenters. The van der Waals surface area contributed by atoms with Crippen LogP contribution < -0.4 is 19.7 Å². The number of hydrogen-bond donors (Lipinski definition) is 2. The van der Waals surface area contributed by atoms with Crippen LogP contribution in [-0.4, -0.2) is 36.9 Å². The highest BCUT2D eigenvalue weighted by atomic mass is 16.5. The van der Waals surface area contributed by atoms with Crippen molar-refractivity contribution < 1.29 is 19.4 Å². The van der Waals surface area contributed by atoms with Gasteiger partial charge in [-0.3, -0.25) is 10.3 Å². The fourth-order valence-corrected chi connectivity index (χ4v) is 3.67. The Bertz CT molecular complexity index is 1030. The maximum absolute atomic E-state index is 10.7. The summed E-state index contributed by atoms with van der Waals surface area (Å²) in [5.74, 6) is 1.34. The molecule has 0 aliphatic carbocycles. The van der Waals surface area contributed by atoms with Crippen molar-refractivity contribution in [1.82, 2.24) is 4.98 Å². The predicted molar refractivity (Wildman–Crippen MR) is 108 cm³/mol. The summed E-state index contributed by atoms with van der Waals surface area (Å²) in [6, 6.07) is 11.3. The first-order valence-electron chi connectivity index (χ1n) is 8.96. The number of benzene rings is 2. The van der Waals surface area contributed by atoms with Crippen molar-refractivity contribution in [2.45, 2.75) is 13.0 Å². The van der Waals surface area contributed by atoms with Crippen LogP contribution in [-0.2, 0) is 13.0 Å². The van der Waals surface area contributed by atoms with E-state index in [0.29, 0.717) is 17.2 Å². The molecule has 1 aromatic heterocycles. The quantitative estimate of drug-likeness (QED) is 0.699. The molecule has 0 spiro atoms. The van der Waals surface area contributed by atoms with Crippen LogP contribution in [0.25, 0.3) is 10.9 Å². The minimum Gasteiger partial charge on any atom is -0.493 e. The van der Waals surface area contributed by atoms with Gasteiger partial charge in [-0.05, 0) is 35.7 Å². The summed E-state index contributed by atoms with van der Waals surface area (Å²) in [6.07, 6.45) is 1.80. The van der Waals surface area contributed by atoms with Crippen molar-refractivity contribution in [2.24, 2.45) is 0 Å². The molecule has 0 saturated heterocycles. The van der Waals surface area contributed by atoms with E-state index in [0.717, 1.165) is 36.0 Å². The van der Waals surface area contributed by atoms with Gasteiger partial charge in [0.1, 0.15) is 0 Å². The van der Waals surface area contributed by atoms with E-state index >= 15 is 0 Å². The lowest BCUT2D eigenvalue weighted by molar-refractivity contribution is 0.209. The van der Waals surface area contributed by atoms with Gasteiger partial charge in [0.15, 0.2) is 11.5 Å². The highest BCUT2D eigenvalue weighted by molar-refractivity contribution is 5.96. The number of amides is 1. The number of pyridine rings is 1. The Labute approximate surface area is 162 Å². The SMILES string of the molecule is COc1cc2ncc3c(c2cc1OC)N(Cc1ccc(NC(=O)O)cc1)CC3. The lowest BCUT2D eigenvalue weighted by Gasteiger charge is -2.22. The van der Waals surface area contributed by atoms with Crippen LogP contribution in [0.3, 0.4) is 0 Å². The molecule has 28 heavy (non-hydrogen) atoms. The molecule has 1 aliphatic heterocycles. The maximum atomic E-state index is 10.7. The number of nitrogens with zero attached hydrogens (tertiary/aromatic N) is 2. The van der Waals surface area contributed by atoms with Crippen molar-refractivity contribution in [2.75, 3.05) is 31.0 Å². The van der Waals surface area contributed by atoms with E-state index in [1.165, 1.54) is 11.3 Å². The zero-order valence-corrected chi connectivity index (χ0v) is 15.7. The molecule has 0 saturated carbocycles. The van der Waals surface area contributed by atoms with Crippen LogP contribution in [0, 0.1) is 0 Å². The molecule has 7 nitrogen and oxygen atoms in total. The topological polar surface area (TPSA) is 83.9 Å². The van der Waals surface area contributed by atoms with E-state index in [1.807, 2.05) is 30.5 Å². The summed E-state index contributed by atoms with van der Waals surface area (Å²) in [5.41, 5.74) is 4.91. The fraction of sp³-hybridized carbons (Fsp3) is 0.238. The molecule has 0 unspecified atom stereocenters. The Balaban J connectivity index is 1.67. The van der Waals surface area contributed by atoms with Gasteiger partial charge in [-0.15, -0.1) is 0 Å². The number of fused-ring (bicyclic) bond motifs is 3. The second kappa shape index (κ2) is 7.26. The monoisotopic (exact) mass is 379 g/mol. The van der Waals surface area contributed by atoms with Gasteiger partial charge in [0.25, 0.3) is 0 Å². The summed E-state index contributed by atoms with van der Waals surface area (Å²) in [4.78, 5) is 17.7. The van der Waals surface area contributed by atoms with Crippen molar-refractivity contribution in [3.63, 3.8) is 0 Å². The Kier molecular flexibility index (Phi) is 4.65. The first-order chi connectivity index (χ1) is 13.6. The number of ether oxygens (including phenoxy) is 2. The minimum absolute atomic E-state index is 0.560. The van der Waals surface area contributed by atoms with Crippen LogP contribution in [0.15, 0.2) is 42.6 Å². The Morgan fingerprint density at radius 2 is 1.89 bits per heavy atom. The van der Waals surface area contributed by atoms with Crippen LogP contribution >= 0.6 is 0 Å². The highest BCUT2D eigenvalue weighted by Gasteiger charge is 2.23. The third-order valence-electron chi connectivity index (χ3n) is 4.97. The number of carboxylic acid groups (broad SMARTS) is 1. The van der Waals surface area contributed by atoms with Gasteiger partial charge in [-0.1, -0.05) is 12.1 Å². The van der Waals surface area contributed by atoms with Gasteiger partial charge < -0.3 is 19.5 Å². The summed E-state index contributed by atoms with van der Waals surface area (Å²) >= 11 is 0. The molecule has 0 fully saturated rings. The van der Waals surface area contributed by atoms with Crippen LogP contribution in [0.1, 0.15) is 11.1 Å². The molecule has 4 rings (SSSR count). The summed E-state index contributed by atoms with van der Waals surface area (Å²) in [5, 5.41) is 12.2. The Hall–Kier alpha value is -3.48. The summed E-state index contributed by atoms with van der Waals surface area (Å²) in [6.45, 7) is 1.63. The third kappa shape index (κ3) is 3.26. The van der Waals surface area contributed by atoms with Crippen molar-refractivity contribution in [3.8, 4) is 11.5 Å². The van der Waals surface area contributed by atoms with E-state index in [4.69, 9.17) is 14.6 Å². The van der Waals surface area contributed by atoms with E-state index in [1.54, 1.807) is 26.4 Å². The molecule has 2 heterocycles. The molecule has 2 aromatic carbocycles. The van der Waals surface area contributed by atoms with Crippen LogP contribution in [0.2, 0.25) is 0 Å². The van der Waals surface area contributed by atoms with Crippen molar-refractivity contribution in [1.29, 1.82) is 0 Å². The van der Waals surface area contributed by atoms with E-state index in [9.17, 15) is 4.79 Å². The standard InChI is InChI=1S/C21H21N3O4/c1-27-18-9-16-17(10-19(18)28-2)22-11-14-7-8-24(20(14)16)12-13-3-5-15(6-4-13)23-21(25)26/h3-6,9-11,23H,7-8,12H2,1-2H3,(H,25,26). The smallest absolute Gasteiger partial charge is 0.409 e. The molecule has 144 valence electrons. The normalized spacial score (nSPS) is 12.7. The van der Waals surface area contributed by atoms with Gasteiger partial charge in [0, 0.05) is 36.4 Å². The van der Waals surface area contributed by atoms with Gasteiger partial charge in [0.2, 0.25) is 0 Å². The first kappa shape index (κ1) is 17.9. The molecule has 0 radical (unpaired) electrons. The van der Waals surface area contributed by atoms with Gasteiger partial charge in [0.05, 0.1) is 25.4 Å². The molecular formula is C21H21N3O4. The van der Waals surface area contributed by atoms with E-state index in [2.05, 4.69) is 15.2 Å². The average molecular weight is 379 g/mol. The second-order valence-electron chi connectivity index (χ2n) is 6.66. The Morgan fingerprint density at radius 3 is 2.57 bits per heavy atom. The second-order valence-corrected chi connectivity index (χ2v) is 6.66. The predicted octanol–water partition coefficient (Wildman–Crippen LogP) is 3.90. The lowest BCUT2D eigenvalue weighted by Crippen LogP contribution is -2.20. The van der Waals surface area contributed by atoms with Crippen LogP contribution in [0.5, 0.6) is 11.5 Å². The molecule has 0 bridgehead atoms. The zero-order valence-electron chi connectivity index (χ0n) is 15.7. The fourth-order valence-electron chi connectivity index (χ4n) is 3.67. The van der Waals surface area contributed by atoms with Crippen molar-refractivity contribution in [3.05, 3.63) is 53.7 Å². The largest absolute Gasteiger partial charge is 0.493 e. The highest BCUT2D eigenvalue weighted by Crippen LogP contribution is 2.40. The van der Waals surface area contributed by atoms with Crippen molar-refractivity contribution >= 4 is 28.4 Å². The molecule has 7 heteroatoms. The summed E-state index contributed by atoms with van der Waals surface area (Å²) < 4.78 is 10.9. The number of rotatable bonds is 5. The van der Waals surface area contributed by atoms with Crippen LogP contribution in [0.4, 0.5) is 16.2 Å². The van der Waals surface area contributed by atoms with E-state index in [-0.39, 0.29) is 0 Å². The van der Waals surface area contributed by atoms with Gasteiger partial charge in [-0.2, -0.15) is 0 Å². The number of anilines is 2. The third-order valence-corrected chi connectivity index (χ3v) is 4.97. The van der Waals surface area contributed by atoms with Gasteiger partial charge >= 0.3 is 6.09 Å². The summed E-state index contributed by atoms with van der Waals surface area (Å²) in [7, 11) is 3.25. The molecule has 3 aromatic rings.